The number of aromatic nitrogens is 3. The molecule has 0 radical (unpaired) electrons. The lowest BCUT2D eigenvalue weighted by atomic mass is 10.0. The van der Waals surface area contributed by atoms with Crippen LogP contribution in [0.3, 0.4) is 0 Å². The molecule has 4 N–H and O–H groups in total. The normalized spacial score (nSPS) is 29.2. The van der Waals surface area contributed by atoms with E-state index in [0.717, 1.165) is 24.2 Å². The third kappa shape index (κ3) is 2.39. The summed E-state index contributed by atoms with van der Waals surface area (Å²) in [6, 6.07) is 0. The van der Waals surface area contributed by atoms with E-state index in [9.17, 15) is 14.7 Å². The van der Waals surface area contributed by atoms with Gasteiger partial charge in [-0.3, -0.25) is 19.1 Å². The first-order chi connectivity index (χ1) is 11.0. The van der Waals surface area contributed by atoms with Crippen LogP contribution in [-0.2, 0) is 4.74 Å². The minimum Gasteiger partial charge on any atom is -0.390 e. The fourth-order valence-corrected chi connectivity index (χ4v) is 4.14. The molecule has 2 fully saturated rings. The summed E-state index contributed by atoms with van der Waals surface area (Å²) < 4.78 is 7.62. The molecule has 0 bridgehead atoms. The van der Waals surface area contributed by atoms with Gasteiger partial charge in [-0.15, -0.1) is 0 Å². The van der Waals surface area contributed by atoms with E-state index in [-0.39, 0.29) is 33.2 Å². The van der Waals surface area contributed by atoms with Gasteiger partial charge in [0.05, 0.1) is 12.2 Å². The fraction of sp³-hybridized carbons (Fsp3) is 0.643. The lowest BCUT2D eigenvalue weighted by molar-refractivity contribution is -0.0700. The van der Waals surface area contributed by atoms with E-state index in [4.69, 9.17) is 10.5 Å². The van der Waals surface area contributed by atoms with Crippen molar-refractivity contribution in [2.45, 2.75) is 44.6 Å². The molecule has 2 aromatic rings. The van der Waals surface area contributed by atoms with Crippen LogP contribution in [-0.4, -0.2) is 31.8 Å². The number of nitrogens with one attached hydrogen (secondary N) is 1. The number of fused-ring (bicyclic) bond motifs is 1. The van der Waals surface area contributed by atoms with Crippen LogP contribution in [0.5, 0.6) is 0 Å². The van der Waals surface area contributed by atoms with Crippen molar-refractivity contribution in [2.75, 3.05) is 5.73 Å². The number of aromatic amines is 1. The molecule has 4 atom stereocenters. The molecule has 4 rings (SSSR count). The molecule has 23 heavy (non-hydrogen) atoms. The van der Waals surface area contributed by atoms with Gasteiger partial charge in [-0.2, -0.15) is 4.98 Å². The highest BCUT2D eigenvalue weighted by molar-refractivity contribution is 7.16. The van der Waals surface area contributed by atoms with Crippen molar-refractivity contribution < 1.29 is 9.84 Å². The molecule has 1 saturated carbocycles. The van der Waals surface area contributed by atoms with Gasteiger partial charge in [0.25, 0.3) is 5.56 Å². The van der Waals surface area contributed by atoms with Gasteiger partial charge in [0, 0.05) is 5.92 Å². The SMILES string of the molecule is C[C@@H]1C[C@@H](C(O)C2CC2)O[C@H]1n1c(=O)sc2c(=O)[nH]c(N)nc21. The van der Waals surface area contributed by atoms with Crippen molar-refractivity contribution >= 4 is 27.6 Å². The van der Waals surface area contributed by atoms with Crippen molar-refractivity contribution in [3.63, 3.8) is 0 Å². The second kappa shape index (κ2) is 5.15. The van der Waals surface area contributed by atoms with E-state index in [1.54, 1.807) is 0 Å². The Hall–Kier alpha value is -1.71. The predicted molar refractivity (Wildman–Crippen MR) is 85.3 cm³/mol. The fourth-order valence-electron chi connectivity index (χ4n) is 3.30. The minimum atomic E-state index is -0.539. The number of anilines is 1. The van der Waals surface area contributed by atoms with E-state index >= 15 is 0 Å². The number of nitrogens with two attached hydrogens (primary N) is 1. The molecular formula is C14H18N4O4S. The molecular weight excluding hydrogens is 320 g/mol. The first-order valence-corrected chi connectivity index (χ1v) is 8.51. The topological polar surface area (TPSA) is 123 Å². The molecule has 0 amide bonds. The standard InChI is InChI=1S/C14H18N4O4S/c1-5-4-7(8(19)6-2-3-6)22-12(5)18-10-9(23-14(18)21)11(20)17-13(15)16-10/h5-8,12,19H,2-4H2,1H3,(H3,15,16,17,20)/t5-,7+,8?,12-/m1/s1. The number of ether oxygens (including phenoxy) is 1. The number of aliphatic hydroxyl groups excluding tert-OH is 1. The van der Waals surface area contributed by atoms with Gasteiger partial charge in [-0.1, -0.05) is 18.3 Å². The van der Waals surface area contributed by atoms with Crippen LogP contribution in [0.1, 0.15) is 32.4 Å². The van der Waals surface area contributed by atoms with Gasteiger partial charge in [0.15, 0.2) is 5.65 Å². The second-order valence-corrected chi connectivity index (χ2v) is 7.41. The first kappa shape index (κ1) is 14.9. The maximum Gasteiger partial charge on any atom is 0.311 e. The number of rotatable bonds is 3. The van der Waals surface area contributed by atoms with Crippen LogP contribution in [0.15, 0.2) is 9.59 Å². The number of thiazole rings is 1. The Kier molecular flexibility index (Phi) is 3.33. The van der Waals surface area contributed by atoms with Crippen LogP contribution in [0.25, 0.3) is 10.3 Å². The summed E-state index contributed by atoms with van der Waals surface area (Å²) in [6.45, 7) is 1.97. The Morgan fingerprint density at radius 3 is 2.91 bits per heavy atom. The van der Waals surface area contributed by atoms with Gasteiger partial charge in [-0.05, 0) is 25.2 Å². The van der Waals surface area contributed by atoms with Crippen molar-refractivity contribution in [3.8, 4) is 0 Å². The minimum absolute atomic E-state index is 0.0331. The molecule has 0 spiro atoms. The zero-order valence-corrected chi connectivity index (χ0v) is 13.4. The van der Waals surface area contributed by atoms with Crippen molar-refractivity contribution in [1.29, 1.82) is 0 Å². The summed E-state index contributed by atoms with van der Waals surface area (Å²) in [7, 11) is 0. The Bertz CT molecular complexity index is 868. The Labute approximate surface area is 134 Å². The predicted octanol–water partition coefficient (Wildman–Crippen LogP) is 0.423. The maximum absolute atomic E-state index is 12.4. The van der Waals surface area contributed by atoms with Gasteiger partial charge < -0.3 is 15.6 Å². The molecule has 1 saturated heterocycles. The summed E-state index contributed by atoms with van der Waals surface area (Å²) in [6.07, 6.45) is 1.39. The van der Waals surface area contributed by atoms with E-state index in [0.29, 0.717) is 12.3 Å². The van der Waals surface area contributed by atoms with Crippen LogP contribution >= 0.6 is 11.3 Å². The van der Waals surface area contributed by atoms with Crippen molar-refractivity contribution in [3.05, 3.63) is 20.0 Å². The van der Waals surface area contributed by atoms with Crippen LogP contribution in [0.2, 0.25) is 0 Å². The number of hydrogen-bond acceptors (Lipinski definition) is 7. The number of nitrogens with zero attached hydrogens (tertiary/aromatic N) is 2. The highest BCUT2D eigenvalue weighted by atomic mass is 32.1. The molecule has 0 aromatic carbocycles. The van der Waals surface area contributed by atoms with Crippen molar-refractivity contribution in [1.82, 2.24) is 14.5 Å². The summed E-state index contributed by atoms with van der Waals surface area (Å²) >= 11 is 0.834. The molecule has 2 aromatic heterocycles. The highest BCUT2D eigenvalue weighted by Gasteiger charge is 2.44. The average Bonchev–Trinajstić information content (AvgIpc) is 3.19. The number of aliphatic hydroxyl groups is 1. The summed E-state index contributed by atoms with van der Waals surface area (Å²) in [5.41, 5.74) is 5.43. The van der Waals surface area contributed by atoms with E-state index < -0.39 is 17.9 Å². The first-order valence-electron chi connectivity index (χ1n) is 7.70. The number of hydrogen-bond donors (Lipinski definition) is 3. The molecule has 8 nitrogen and oxygen atoms in total. The molecule has 124 valence electrons. The number of nitrogen functional groups attached to an aromatic ring is 1. The maximum atomic E-state index is 12.4. The smallest absolute Gasteiger partial charge is 0.311 e. The molecule has 3 heterocycles. The molecule has 1 aliphatic heterocycles. The molecule has 1 unspecified atom stereocenters. The monoisotopic (exact) mass is 338 g/mol. The van der Waals surface area contributed by atoms with Crippen molar-refractivity contribution in [2.24, 2.45) is 11.8 Å². The van der Waals surface area contributed by atoms with E-state index in [1.165, 1.54) is 4.57 Å². The third-order valence-corrected chi connectivity index (χ3v) is 5.58. The molecule has 9 heteroatoms. The number of H-pyrrole nitrogens is 1. The zero-order chi connectivity index (χ0) is 16.3. The van der Waals surface area contributed by atoms with Gasteiger partial charge in [0.2, 0.25) is 5.95 Å². The van der Waals surface area contributed by atoms with Crippen LogP contribution < -0.4 is 16.2 Å². The van der Waals surface area contributed by atoms with Gasteiger partial charge >= 0.3 is 4.87 Å². The second-order valence-electron chi connectivity index (χ2n) is 6.45. The van der Waals surface area contributed by atoms with E-state index in [1.807, 2.05) is 6.92 Å². The lowest BCUT2D eigenvalue weighted by Gasteiger charge is -2.19. The zero-order valence-electron chi connectivity index (χ0n) is 12.6. The lowest BCUT2D eigenvalue weighted by Crippen LogP contribution is -2.29. The Morgan fingerprint density at radius 1 is 1.48 bits per heavy atom. The third-order valence-electron chi connectivity index (χ3n) is 4.64. The summed E-state index contributed by atoms with van der Waals surface area (Å²) in [5, 5.41) is 10.3. The van der Waals surface area contributed by atoms with E-state index in [2.05, 4.69) is 9.97 Å². The molecule has 1 aliphatic carbocycles. The van der Waals surface area contributed by atoms with Gasteiger partial charge in [0.1, 0.15) is 10.9 Å². The summed E-state index contributed by atoms with van der Waals surface area (Å²) in [5.74, 6) is 0.305. The average molecular weight is 338 g/mol. The highest BCUT2D eigenvalue weighted by Crippen LogP contribution is 2.42. The summed E-state index contributed by atoms with van der Waals surface area (Å²) in [4.78, 5) is 30.5. The molecule has 2 aliphatic rings. The Balaban J connectivity index is 1.75. The van der Waals surface area contributed by atoms with Crippen LogP contribution in [0, 0.1) is 11.8 Å². The van der Waals surface area contributed by atoms with Gasteiger partial charge in [-0.25, -0.2) is 0 Å². The Morgan fingerprint density at radius 2 is 2.22 bits per heavy atom. The quantitative estimate of drug-likeness (QED) is 0.745. The largest absolute Gasteiger partial charge is 0.390 e. The van der Waals surface area contributed by atoms with Crippen LogP contribution in [0.4, 0.5) is 5.95 Å².